The highest BCUT2D eigenvalue weighted by Gasteiger charge is 2.30. The normalized spacial score (nSPS) is 11.2. The van der Waals surface area contributed by atoms with Gasteiger partial charge in [0.15, 0.2) is 0 Å². The standard InChI is InChI=1S/C15H13F3N2O/c1-9-5-6-11(19)8-13(9)14(21)20-12-4-2-3-10(7-12)15(16,17)18/h2-8H,19H2,1H3,(H,20,21). The highest BCUT2D eigenvalue weighted by molar-refractivity contribution is 6.05. The number of anilines is 2. The SMILES string of the molecule is Cc1ccc(N)cc1C(=O)Nc1cccc(C(F)(F)F)c1. The summed E-state index contributed by atoms with van der Waals surface area (Å²) in [4.78, 5) is 12.1. The molecule has 0 bridgehead atoms. The van der Waals surface area contributed by atoms with Crippen LogP contribution >= 0.6 is 0 Å². The van der Waals surface area contributed by atoms with Crippen LogP contribution in [-0.2, 0) is 6.18 Å². The molecule has 0 saturated heterocycles. The van der Waals surface area contributed by atoms with Crippen molar-refractivity contribution >= 4 is 17.3 Å². The van der Waals surface area contributed by atoms with Gasteiger partial charge in [0.25, 0.3) is 5.91 Å². The van der Waals surface area contributed by atoms with Crippen LogP contribution in [0, 0.1) is 6.92 Å². The minimum atomic E-state index is -4.45. The largest absolute Gasteiger partial charge is 0.416 e. The number of hydrogen-bond donors (Lipinski definition) is 2. The van der Waals surface area contributed by atoms with Crippen LogP contribution < -0.4 is 11.1 Å². The smallest absolute Gasteiger partial charge is 0.399 e. The monoisotopic (exact) mass is 294 g/mol. The molecule has 0 fully saturated rings. The van der Waals surface area contributed by atoms with Crippen molar-refractivity contribution < 1.29 is 18.0 Å². The number of carbonyl (C=O) groups is 1. The minimum Gasteiger partial charge on any atom is -0.399 e. The molecule has 3 nitrogen and oxygen atoms in total. The van der Waals surface area contributed by atoms with Crippen molar-refractivity contribution in [3.63, 3.8) is 0 Å². The second-order valence-corrected chi connectivity index (χ2v) is 4.61. The molecular formula is C15H13F3N2O. The van der Waals surface area contributed by atoms with Gasteiger partial charge < -0.3 is 11.1 Å². The van der Waals surface area contributed by atoms with Gasteiger partial charge in [0.1, 0.15) is 0 Å². The maximum absolute atomic E-state index is 12.6. The van der Waals surface area contributed by atoms with Gasteiger partial charge in [0.2, 0.25) is 0 Å². The van der Waals surface area contributed by atoms with E-state index in [0.717, 1.165) is 12.1 Å². The molecule has 0 radical (unpaired) electrons. The Bertz CT molecular complexity index is 681. The topological polar surface area (TPSA) is 55.1 Å². The van der Waals surface area contributed by atoms with Gasteiger partial charge >= 0.3 is 6.18 Å². The van der Waals surface area contributed by atoms with Crippen LogP contribution in [0.15, 0.2) is 42.5 Å². The summed E-state index contributed by atoms with van der Waals surface area (Å²) in [5.74, 6) is -0.501. The van der Waals surface area contributed by atoms with Gasteiger partial charge in [-0.1, -0.05) is 12.1 Å². The predicted octanol–water partition coefficient (Wildman–Crippen LogP) is 3.85. The van der Waals surface area contributed by atoms with Crippen LogP contribution in [0.3, 0.4) is 0 Å². The minimum absolute atomic E-state index is 0.0802. The van der Waals surface area contributed by atoms with Gasteiger partial charge in [0.05, 0.1) is 5.56 Å². The molecule has 0 spiro atoms. The van der Waals surface area contributed by atoms with E-state index in [1.165, 1.54) is 18.2 Å². The van der Waals surface area contributed by atoms with Gasteiger partial charge in [-0.2, -0.15) is 13.2 Å². The molecule has 2 aromatic carbocycles. The zero-order valence-corrected chi connectivity index (χ0v) is 11.2. The second-order valence-electron chi connectivity index (χ2n) is 4.61. The fraction of sp³-hybridized carbons (Fsp3) is 0.133. The first-order valence-electron chi connectivity index (χ1n) is 6.12. The first-order valence-corrected chi connectivity index (χ1v) is 6.12. The van der Waals surface area contributed by atoms with Gasteiger partial charge in [0, 0.05) is 16.9 Å². The second kappa shape index (κ2) is 5.47. The third-order valence-electron chi connectivity index (χ3n) is 2.95. The summed E-state index contributed by atoms with van der Waals surface area (Å²) in [5, 5.41) is 2.44. The van der Waals surface area contributed by atoms with E-state index >= 15 is 0 Å². The van der Waals surface area contributed by atoms with Crippen molar-refractivity contribution in [2.24, 2.45) is 0 Å². The maximum atomic E-state index is 12.6. The van der Waals surface area contributed by atoms with E-state index in [2.05, 4.69) is 5.32 Å². The van der Waals surface area contributed by atoms with E-state index in [0.29, 0.717) is 16.8 Å². The first-order chi connectivity index (χ1) is 9.77. The third kappa shape index (κ3) is 3.53. The summed E-state index contributed by atoms with van der Waals surface area (Å²) in [6, 6.07) is 9.28. The lowest BCUT2D eigenvalue weighted by Gasteiger charge is -2.11. The lowest BCUT2D eigenvalue weighted by Crippen LogP contribution is -2.14. The lowest BCUT2D eigenvalue weighted by molar-refractivity contribution is -0.137. The van der Waals surface area contributed by atoms with Crippen molar-refractivity contribution in [2.45, 2.75) is 13.1 Å². The Kier molecular flexibility index (Phi) is 3.88. The molecule has 0 atom stereocenters. The van der Waals surface area contributed by atoms with E-state index in [4.69, 9.17) is 5.73 Å². The average molecular weight is 294 g/mol. The number of benzene rings is 2. The molecule has 21 heavy (non-hydrogen) atoms. The van der Waals surface area contributed by atoms with Gasteiger partial charge in [-0.25, -0.2) is 0 Å². The molecule has 0 unspecified atom stereocenters. The molecule has 110 valence electrons. The number of amides is 1. The molecule has 0 heterocycles. The Hall–Kier alpha value is -2.50. The van der Waals surface area contributed by atoms with E-state index in [1.54, 1.807) is 19.1 Å². The van der Waals surface area contributed by atoms with Crippen LogP contribution in [0.4, 0.5) is 24.5 Å². The Morgan fingerprint density at radius 1 is 1.14 bits per heavy atom. The summed E-state index contributed by atoms with van der Waals surface area (Å²) in [6.45, 7) is 1.72. The van der Waals surface area contributed by atoms with Crippen molar-refractivity contribution in [2.75, 3.05) is 11.1 Å². The Morgan fingerprint density at radius 2 is 1.86 bits per heavy atom. The molecule has 3 N–H and O–H groups in total. The van der Waals surface area contributed by atoms with Crippen LogP contribution in [0.2, 0.25) is 0 Å². The van der Waals surface area contributed by atoms with Crippen LogP contribution in [0.5, 0.6) is 0 Å². The van der Waals surface area contributed by atoms with Crippen molar-refractivity contribution in [3.8, 4) is 0 Å². The quantitative estimate of drug-likeness (QED) is 0.827. The summed E-state index contributed by atoms with van der Waals surface area (Å²) >= 11 is 0. The predicted molar refractivity (Wildman–Crippen MR) is 75.0 cm³/mol. The number of nitrogen functional groups attached to an aromatic ring is 1. The molecule has 0 saturated carbocycles. The number of aryl methyl sites for hydroxylation is 1. The van der Waals surface area contributed by atoms with E-state index < -0.39 is 17.6 Å². The highest BCUT2D eigenvalue weighted by Crippen LogP contribution is 2.30. The summed E-state index contributed by atoms with van der Waals surface area (Å²) in [7, 11) is 0. The van der Waals surface area contributed by atoms with Gasteiger partial charge in [-0.3, -0.25) is 4.79 Å². The highest BCUT2D eigenvalue weighted by atomic mass is 19.4. The van der Waals surface area contributed by atoms with Gasteiger partial charge in [-0.15, -0.1) is 0 Å². The Morgan fingerprint density at radius 3 is 2.52 bits per heavy atom. The lowest BCUT2D eigenvalue weighted by atomic mass is 10.1. The third-order valence-corrected chi connectivity index (χ3v) is 2.95. The number of nitrogens with two attached hydrogens (primary N) is 1. The van der Waals surface area contributed by atoms with Gasteiger partial charge in [-0.05, 0) is 42.8 Å². The molecule has 2 aromatic rings. The maximum Gasteiger partial charge on any atom is 0.416 e. The zero-order valence-electron chi connectivity index (χ0n) is 11.2. The number of rotatable bonds is 2. The molecule has 1 amide bonds. The summed E-state index contributed by atoms with van der Waals surface area (Å²) in [5.41, 5.74) is 6.30. The van der Waals surface area contributed by atoms with Crippen LogP contribution in [-0.4, -0.2) is 5.91 Å². The Labute approximate surface area is 119 Å². The molecular weight excluding hydrogens is 281 g/mol. The van der Waals surface area contributed by atoms with Crippen molar-refractivity contribution in [1.29, 1.82) is 0 Å². The van der Waals surface area contributed by atoms with Crippen LogP contribution in [0.1, 0.15) is 21.5 Å². The van der Waals surface area contributed by atoms with E-state index in [9.17, 15) is 18.0 Å². The van der Waals surface area contributed by atoms with E-state index in [1.807, 2.05) is 0 Å². The van der Waals surface area contributed by atoms with Crippen molar-refractivity contribution in [1.82, 2.24) is 0 Å². The fourth-order valence-electron chi connectivity index (χ4n) is 1.86. The number of nitrogens with one attached hydrogen (secondary N) is 1. The van der Waals surface area contributed by atoms with E-state index in [-0.39, 0.29) is 5.69 Å². The molecule has 0 aromatic heterocycles. The fourth-order valence-corrected chi connectivity index (χ4v) is 1.86. The number of hydrogen-bond acceptors (Lipinski definition) is 2. The molecule has 0 aliphatic heterocycles. The van der Waals surface area contributed by atoms with Crippen molar-refractivity contribution in [3.05, 3.63) is 59.2 Å². The zero-order chi connectivity index (χ0) is 15.6. The molecule has 2 rings (SSSR count). The molecule has 6 heteroatoms. The molecule has 0 aliphatic carbocycles. The molecule has 0 aliphatic rings. The average Bonchev–Trinajstić information content (AvgIpc) is 2.41. The number of halogens is 3. The Balaban J connectivity index is 2.26. The number of carbonyl (C=O) groups excluding carboxylic acids is 1. The number of alkyl halides is 3. The summed E-state index contributed by atoms with van der Waals surface area (Å²) in [6.07, 6.45) is -4.45. The summed E-state index contributed by atoms with van der Waals surface area (Å²) < 4.78 is 37.8. The van der Waals surface area contributed by atoms with Crippen LogP contribution in [0.25, 0.3) is 0 Å². The first kappa shape index (κ1) is 14.9.